The lowest BCUT2D eigenvalue weighted by molar-refractivity contribution is -0.136. The molecule has 2 aromatic rings. The summed E-state index contributed by atoms with van der Waals surface area (Å²) in [5.74, 6) is 0.654. The molecule has 0 fully saturated rings. The lowest BCUT2D eigenvalue weighted by Crippen LogP contribution is -2.10. The van der Waals surface area contributed by atoms with E-state index in [1.54, 1.807) is 24.3 Å². The molecule has 0 aliphatic rings. The molecule has 0 saturated carbocycles. The Morgan fingerprint density at radius 1 is 1.14 bits per heavy atom. The number of nitrogens with one attached hydrogen (secondary N) is 1. The topological polar surface area (TPSA) is 21.3 Å². The summed E-state index contributed by atoms with van der Waals surface area (Å²) >= 11 is 5.64. The van der Waals surface area contributed by atoms with Crippen molar-refractivity contribution in [3.05, 3.63) is 58.6 Å². The Kier molecular flexibility index (Phi) is 4.63. The minimum Gasteiger partial charge on any atom is -0.497 e. The first-order valence-electron chi connectivity index (χ1n) is 6.13. The Morgan fingerprint density at radius 3 is 2.57 bits per heavy atom. The minimum atomic E-state index is -4.46. The third-order valence-corrected chi connectivity index (χ3v) is 3.14. The number of hydrogen-bond acceptors (Lipinski definition) is 2. The smallest absolute Gasteiger partial charge is 0.418 e. The average molecular weight is 316 g/mol. The molecule has 0 spiro atoms. The summed E-state index contributed by atoms with van der Waals surface area (Å²) in [6.07, 6.45) is -4.46. The maximum Gasteiger partial charge on any atom is 0.418 e. The summed E-state index contributed by atoms with van der Waals surface area (Å²) in [5.41, 5.74) is 0.0324. The molecule has 0 aliphatic heterocycles. The molecule has 6 heteroatoms. The van der Waals surface area contributed by atoms with Gasteiger partial charge >= 0.3 is 6.18 Å². The van der Waals surface area contributed by atoms with Crippen LogP contribution in [0.4, 0.5) is 18.9 Å². The van der Waals surface area contributed by atoms with Crippen LogP contribution in [-0.2, 0) is 12.7 Å². The fourth-order valence-corrected chi connectivity index (χ4v) is 2.06. The zero-order valence-electron chi connectivity index (χ0n) is 11.2. The monoisotopic (exact) mass is 315 g/mol. The number of hydrogen-bond donors (Lipinski definition) is 1. The lowest BCUT2D eigenvalue weighted by Gasteiger charge is -2.15. The van der Waals surface area contributed by atoms with Crippen LogP contribution < -0.4 is 10.1 Å². The molecule has 21 heavy (non-hydrogen) atoms. The van der Waals surface area contributed by atoms with Gasteiger partial charge in [-0.3, -0.25) is 0 Å². The first kappa shape index (κ1) is 15.5. The molecule has 0 aromatic heterocycles. The number of alkyl halides is 3. The van der Waals surface area contributed by atoms with Crippen LogP contribution in [0.1, 0.15) is 11.1 Å². The van der Waals surface area contributed by atoms with Crippen molar-refractivity contribution in [2.45, 2.75) is 12.7 Å². The highest BCUT2D eigenvalue weighted by Crippen LogP contribution is 2.36. The second-order valence-corrected chi connectivity index (χ2v) is 4.83. The molecule has 0 aliphatic carbocycles. The predicted octanol–water partition coefficient (Wildman–Crippen LogP) is 4.98. The van der Waals surface area contributed by atoms with E-state index in [0.29, 0.717) is 5.75 Å². The molecule has 0 amide bonds. The van der Waals surface area contributed by atoms with Crippen molar-refractivity contribution in [3.8, 4) is 5.75 Å². The van der Waals surface area contributed by atoms with Crippen molar-refractivity contribution in [2.75, 3.05) is 12.4 Å². The lowest BCUT2D eigenvalue weighted by atomic mass is 10.1. The van der Waals surface area contributed by atoms with E-state index in [0.717, 1.165) is 11.6 Å². The zero-order chi connectivity index (χ0) is 15.5. The Morgan fingerprint density at radius 2 is 1.90 bits per heavy atom. The van der Waals surface area contributed by atoms with Gasteiger partial charge in [0.05, 0.1) is 12.7 Å². The van der Waals surface area contributed by atoms with Gasteiger partial charge in [0, 0.05) is 17.3 Å². The van der Waals surface area contributed by atoms with E-state index in [1.165, 1.54) is 19.2 Å². The molecular formula is C15H13ClF3NO. The highest BCUT2D eigenvalue weighted by molar-refractivity contribution is 6.30. The SMILES string of the molecule is COc1cccc(CNc2ccc(Cl)cc2C(F)(F)F)c1. The molecule has 112 valence electrons. The van der Waals surface area contributed by atoms with Crippen LogP contribution in [0.25, 0.3) is 0 Å². The summed E-state index contributed by atoms with van der Waals surface area (Å²) in [6.45, 7) is 0.252. The van der Waals surface area contributed by atoms with E-state index < -0.39 is 11.7 Å². The van der Waals surface area contributed by atoms with E-state index in [9.17, 15) is 13.2 Å². The van der Waals surface area contributed by atoms with Gasteiger partial charge in [0.25, 0.3) is 0 Å². The van der Waals surface area contributed by atoms with E-state index in [2.05, 4.69) is 5.32 Å². The Bertz CT molecular complexity index is 629. The molecule has 1 N–H and O–H groups in total. The first-order chi connectivity index (χ1) is 9.90. The van der Waals surface area contributed by atoms with Crippen LogP contribution in [-0.4, -0.2) is 7.11 Å². The first-order valence-corrected chi connectivity index (χ1v) is 6.51. The highest BCUT2D eigenvalue weighted by atomic mass is 35.5. The summed E-state index contributed by atoms with van der Waals surface area (Å²) in [6, 6.07) is 10.8. The summed E-state index contributed by atoms with van der Waals surface area (Å²) < 4.78 is 43.9. The predicted molar refractivity (Wildman–Crippen MR) is 76.8 cm³/mol. The second kappa shape index (κ2) is 6.26. The maximum atomic E-state index is 13.0. The number of anilines is 1. The van der Waals surface area contributed by atoms with Gasteiger partial charge in [-0.25, -0.2) is 0 Å². The van der Waals surface area contributed by atoms with Gasteiger partial charge in [-0.2, -0.15) is 13.2 Å². The van der Waals surface area contributed by atoms with E-state index in [-0.39, 0.29) is 17.3 Å². The molecular weight excluding hydrogens is 303 g/mol. The largest absolute Gasteiger partial charge is 0.497 e. The Hall–Kier alpha value is -1.88. The third kappa shape index (κ3) is 4.04. The van der Waals surface area contributed by atoms with Gasteiger partial charge in [0.2, 0.25) is 0 Å². The second-order valence-electron chi connectivity index (χ2n) is 4.39. The fourth-order valence-electron chi connectivity index (χ4n) is 1.88. The fraction of sp³-hybridized carbons (Fsp3) is 0.200. The quantitative estimate of drug-likeness (QED) is 0.859. The van der Waals surface area contributed by atoms with Crippen molar-refractivity contribution in [2.24, 2.45) is 0 Å². The number of benzene rings is 2. The van der Waals surface area contributed by atoms with Crippen LogP contribution >= 0.6 is 11.6 Å². The molecule has 2 rings (SSSR count). The normalized spacial score (nSPS) is 11.3. The Labute approximate surface area is 125 Å². The van der Waals surface area contributed by atoms with Crippen LogP contribution in [0.3, 0.4) is 0 Å². The number of ether oxygens (including phenoxy) is 1. The zero-order valence-corrected chi connectivity index (χ0v) is 11.9. The van der Waals surface area contributed by atoms with Crippen molar-refractivity contribution in [1.82, 2.24) is 0 Å². The van der Waals surface area contributed by atoms with Gasteiger partial charge < -0.3 is 10.1 Å². The van der Waals surface area contributed by atoms with Gasteiger partial charge in [0.15, 0.2) is 0 Å². The van der Waals surface area contributed by atoms with E-state index >= 15 is 0 Å². The van der Waals surface area contributed by atoms with Crippen LogP contribution in [0.2, 0.25) is 5.02 Å². The molecule has 0 radical (unpaired) electrons. The number of rotatable bonds is 4. The average Bonchev–Trinajstić information content (AvgIpc) is 2.45. The maximum absolute atomic E-state index is 13.0. The van der Waals surface area contributed by atoms with E-state index in [1.807, 2.05) is 0 Å². The van der Waals surface area contributed by atoms with Crippen LogP contribution in [0.15, 0.2) is 42.5 Å². The number of halogens is 4. The Balaban J connectivity index is 2.20. The van der Waals surface area contributed by atoms with Gasteiger partial charge in [-0.15, -0.1) is 0 Å². The molecule has 0 bridgehead atoms. The molecule has 2 aromatic carbocycles. The van der Waals surface area contributed by atoms with Crippen molar-refractivity contribution in [1.29, 1.82) is 0 Å². The summed E-state index contributed by atoms with van der Waals surface area (Å²) in [4.78, 5) is 0. The molecule has 0 atom stereocenters. The van der Waals surface area contributed by atoms with Crippen molar-refractivity contribution < 1.29 is 17.9 Å². The minimum absolute atomic E-state index is 0.00489. The molecule has 2 nitrogen and oxygen atoms in total. The van der Waals surface area contributed by atoms with Crippen LogP contribution in [0.5, 0.6) is 5.75 Å². The summed E-state index contributed by atoms with van der Waals surface area (Å²) in [5, 5.41) is 2.83. The molecule has 0 saturated heterocycles. The number of methoxy groups -OCH3 is 1. The van der Waals surface area contributed by atoms with E-state index in [4.69, 9.17) is 16.3 Å². The molecule has 0 heterocycles. The van der Waals surface area contributed by atoms with Gasteiger partial charge in [-0.05, 0) is 35.9 Å². The van der Waals surface area contributed by atoms with Gasteiger partial charge in [-0.1, -0.05) is 23.7 Å². The van der Waals surface area contributed by atoms with Crippen LogP contribution in [0, 0.1) is 0 Å². The highest BCUT2D eigenvalue weighted by Gasteiger charge is 2.33. The third-order valence-electron chi connectivity index (χ3n) is 2.90. The summed E-state index contributed by atoms with van der Waals surface area (Å²) in [7, 11) is 1.54. The van der Waals surface area contributed by atoms with Gasteiger partial charge in [0.1, 0.15) is 5.75 Å². The van der Waals surface area contributed by atoms with Crippen molar-refractivity contribution in [3.63, 3.8) is 0 Å². The van der Waals surface area contributed by atoms with Crippen molar-refractivity contribution >= 4 is 17.3 Å². The molecule has 0 unspecified atom stereocenters. The standard InChI is InChI=1S/C15H13ClF3NO/c1-21-12-4-2-3-10(7-12)9-20-14-6-5-11(16)8-13(14)15(17,18)19/h2-8,20H,9H2,1H3.